The average molecular weight is 479 g/mol. The monoisotopic (exact) mass is 478 g/mol. The molecule has 0 unspecified atom stereocenters. The normalized spacial score (nSPS) is 11.4. The molecule has 0 radical (unpaired) electrons. The van der Waals surface area contributed by atoms with E-state index in [-0.39, 0.29) is 12.3 Å². The molecule has 0 atom stereocenters. The number of amides is 1. The molecule has 2 aromatic heterocycles. The number of rotatable bonds is 7. The summed E-state index contributed by atoms with van der Waals surface area (Å²) in [4.78, 5) is 27.7. The van der Waals surface area contributed by atoms with Gasteiger partial charge in [-0.15, -0.1) is 11.3 Å². The minimum atomic E-state index is -0.930. The van der Waals surface area contributed by atoms with Crippen LogP contribution in [0.2, 0.25) is 5.02 Å². The van der Waals surface area contributed by atoms with Crippen molar-refractivity contribution in [3.05, 3.63) is 87.2 Å². The Hall–Kier alpha value is -3.68. The third kappa shape index (κ3) is 5.58. The van der Waals surface area contributed by atoms with Crippen molar-refractivity contribution < 1.29 is 19.1 Å². The van der Waals surface area contributed by atoms with Gasteiger partial charge in [0.1, 0.15) is 16.5 Å². The molecule has 0 saturated heterocycles. The number of aliphatic carboxylic acids is 1. The number of nitrogens with zero attached hydrogens (tertiary/aromatic N) is 1. The Morgan fingerprint density at radius 1 is 1.12 bits per heavy atom. The number of aromatic nitrogens is 1. The number of thiazole rings is 1. The maximum Gasteiger partial charge on any atom is 0.310 e. The van der Waals surface area contributed by atoms with Crippen molar-refractivity contribution in [1.82, 2.24) is 4.98 Å². The zero-order chi connectivity index (χ0) is 23.4. The molecule has 33 heavy (non-hydrogen) atoms. The molecular weight excluding hydrogens is 460 g/mol. The molecule has 8 heteroatoms. The van der Waals surface area contributed by atoms with Crippen LogP contribution in [0.25, 0.3) is 28.9 Å². The molecule has 2 N–H and O–H groups in total. The van der Waals surface area contributed by atoms with Crippen molar-refractivity contribution in [2.75, 3.05) is 5.32 Å². The summed E-state index contributed by atoms with van der Waals surface area (Å²) in [6, 6.07) is 18.3. The number of hydrogen-bond donors (Lipinski definition) is 2. The molecule has 0 spiro atoms. The number of benzene rings is 2. The predicted molar refractivity (Wildman–Crippen MR) is 130 cm³/mol. The van der Waals surface area contributed by atoms with Crippen LogP contribution in [-0.4, -0.2) is 22.0 Å². The molecule has 2 heterocycles. The topological polar surface area (TPSA) is 92.4 Å². The number of hydrogen-bond acceptors (Lipinski definition) is 5. The van der Waals surface area contributed by atoms with E-state index in [0.29, 0.717) is 44.1 Å². The fraction of sp³-hybridized carbons (Fsp3) is 0.0800. The summed E-state index contributed by atoms with van der Waals surface area (Å²) in [6.45, 7) is 1.75. The summed E-state index contributed by atoms with van der Waals surface area (Å²) in [5, 5.41) is 14.4. The van der Waals surface area contributed by atoms with E-state index in [0.717, 1.165) is 5.56 Å². The lowest BCUT2D eigenvalue weighted by Gasteiger charge is -2.08. The molecule has 4 aromatic rings. The molecule has 0 bridgehead atoms. The van der Waals surface area contributed by atoms with E-state index in [1.165, 1.54) is 11.3 Å². The highest BCUT2D eigenvalue weighted by atomic mass is 35.5. The number of anilines is 1. The Balaban J connectivity index is 1.48. The van der Waals surface area contributed by atoms with Crippen molar-refractivity contribution in [3.63, 3.8) is 0 Å². The number of carbonyl (C=O) groups is 2. The minimum absolute atomic E-state index is 0.128. The van der Waals surface area contributed by atoms with Gasteiger partial charge in [-0.25, -0.2) is 4.98 Å². The minimum Gasteiger partial charge on any atom is -0.481 e. The number of furan rings is 1. The maximum absolute atomic E-state index is 12.5. The van der Waals surface area contributed by atoms with Crippen molar-refractivity contribution in [1.29, 1.82) is 0 Å². The predicted octanol–water partition coefficient (Wildman–Crippen LogP) is 6.39. The highest BCUT2D eigenvalue weighted by molar-refractivity contribution is 7.10. The number of nitrogens with one attached hydrogen (secondary N) is 1. The van der Waals surface area contributed by atoms with Crippen LogP contribution in [0.5, 0.6) is 0 Å². The van der Waals surface area contributed by atoms with E-state index in [1.807, 2.05) is 36.4 Å². The highest BCUT2D eigenvalue weighted by Gasteiger charge is 2.14. The number of halogens is 1. The van der Waals surface area contributed by atoms with Gasteiger partial charge in [0.15, 0.2) is 5.76 Å². The lowest BCUT2D eigenvalue weighted by Crippen LogP contribution is -2.12. The SMILES string of the molecule is CC(=Cc1ccccc1)C(=O)Nc1ccc(-c2ccc(-c3csc(CC(=O)O)n3)o2)c(Cl)c1. The van der Waals surface area contributed by atoms with E-state index in [9.17, 15) is 9.59 Å². The summed E-state index contributed by atoms with van der Waals surface area (Å²) >= 11 is 7.74. The second kappa shape index (κ2) is 9.85. The van der Waals surface area contributed by atoms with Gasteiger partial charge in [-0.3, -0.25) is 9.59 Å². The zero-order valence-corrected chi connectivity index (χ0v) is 19.1. The Morgan fingerprint density at radius 3 is 2.61 bits per heavy atom. The Kier molecular flexibility index (Phi) is 6.72. The first-order valence-corrected chi connectivity index (χ1v) is 11.3. The van der Waals surface area contributed by atoms with Crippen molar-refractivity contribution >= 4 is 46.6 Å². The average Bonchev–Trinajstić information content (AvgIpc) is 3.44. The van der Waals surface area contributed by atoms with Crippen molar-refractivity contribution in [3.8, 4) is 22.8 Å². The second-order valence-corrected chi connectivity index (χ2v) is 8.60. The first-order valence-electron chi connectivity index (χ1n) is 10.00. The van der Waals surface area contributed by atoms with Crippen LogP contribution < -0.4 is 5.32 Å². The van der Waals surface area contributed by atoms with Gasteiger partial charge in [-0.05, 0) is 48.9 Å². The van der Waals surface area contributed by atoms with Crippen LogP contribution >= 0.6 is 22.9 Å². The maximum atomic E-state index is 12.5. The largest absolute Gasteiger partial charge is 0.481 e. The van der Waals surface area contributed by atoms with E-state index in [4.69, 9.17) is 21.1 Å². The fourth-order valence-electron chi connectivity index (χ4n) is 3.14. The smallest absolute Gasteiger partial charge is 0.310 e. The zero-order valence-electron chi connectivity index (χ0n) is 17.5. The van der Waals surface area contributed by atoms with Gasteiger partial charge in [-0.1, -0.05) is 41.9 Å². The van der Waals surface area contributed by atoms with E-state index >= 15 is 0 Å². The van der Waals surface area contributed by atoms with E-state index in [1.54, 1.807) is 42.6 Å². The van der Waals surface area contributed by atoms with Crippen LogP contribution in [0.15, 0.2) is 76.0 Å². The van der Waals surface area contributed by atoms with Crippen LogP contribution in [0.4, 0.5) is 5.69 Å². The van der Waals surface area contributed by atoms with Crippen LogP contribution in [-0.2, 0) is 16.0 Å². The van der Waals surface area contributed by atoms with Crippen molar-refractivity contribution in [2.45, 2.75) is 13.3 Å². The third-order valence-corrected chi connectivity index (χ3v) is 5.91. The Bertz CT molecular complexity index is 1340. The van der Waals surface area contributed by atoms with Gasteiger partial charge in [-0.2, -0.15) is 0 Å². The van der Waals surface area contributed by atoms with Crippen LogP contribution in [0, 0.1) is 0 Å². The fourth-order valence-corrected chi connectivity index (χ4v) is 4.19. The quantitative estimate of drug-likeness (QED) is 0.300. The van der Waals surface area contributed by atoms with Gasteiger partial charge >= 0.3 is 5.97 Å². The Morgan fingerprint density at radius 2 is 1.88 bits per heavy atom. The summed E-state index contributed by atoms with van der Waals surface area (Å²) < 4.78 is 5.90. The lowest BCUT2D eigenvalue weighted by atomic mass is 10.1. The molecule has 0 aliphatic rings. The number of carbonyl (C=O) groups excluding carboxylic acids is 1. The van der Waals surface area contributed by atoms with Gasteiger partial charge in [0.25, 0.3) is 5.91 Å². The van der Waals surface area contributed by atoms with Crippen LogP contribution in [0.1, 0.15) is 17.5 Å². The second-order valence-electron chi connectivity index (χ2n) is 7.25. The molecule has 1 amide bonds. The summed E-state index contributed by atoms with van der Waals surface area (Å²) in [5.74, 6) is -0.0850. The summed E-state index contributed by atoms with van der Waals surface area (Å²) in [6.07, 6.45) is 1.69. The molecule has 0 fully saturated rings. The number of carboxylic acid groups (broad SMARTS) is 1. The molecule has 2 aromatic carbocycles. The van der Waals surface area contributed by atoms with Gasteiger partial charge in [0, 0.05) is 22.2 Å². The highest BCUT2D eigenvalue weighted by Crippen LogP contribution is 2.34. The summed E-state index contributed by atoms with van der Waals surface area (Å²) in [5.41, 5.74) is 3.32. The standard InChI is InChI=1S/C25H19ClN2O4S/c1-15(11-16-5-3-2-4-6-16)25(31)27-17-7-8-18(19(26)12-17)21-9-10-22(32-21)20-14-33-23(28-20)13-24(29)30/h2-12,14H,13H2,1H3,(H,27,31)(H,29,30). The molecular formula is C25H19ClN2O4S. The molecule has 0 aliphatic carbocycles. The molecule has 166 valence electrons. The van der Waals surface area contributed by atoms with E-state index in [2.05, 4.69) is 10.3 Å². The van der Waals surface area contributed by atoms with Gasteiger partial charge in [0.05, 0.1) is 11.4 Å². The first kappa shape index (κ1) is 22.5. The first-order chi connectivity index (χ1) is 15.9. The lowest BCUT2D eigenvalue weighted by molar-refractivity contribution is -0.136. The van der Waals surface area contributed by atoms with Gasteiger partial charge in [0.2, 0.25) is 0 Å². The molecule has 0 saturated carbocycles. The van der Waals surface area contributed by atoms with Crippen molar-refractivity contribution in [2.24, 2.45) is 0 Å². The van der Waals surface area contributed by atoms with E-state index < -0.39 is 5.97 Å². The molecule has 4 rings (SSSR count). The van der Waals surface area contributed by atoms with Crippen LogP contribution in [0.3, 0.4) is 0 Å². The Labute approximate surface area is 199 Å². The summed E-state index contributed by atoms with van der Waals surface area (Å²) in [7, 11) is 0. The number of carboxylic acids is 1. The third-order valence-electron chi connectivity index (χ3n) is 4.75. The van der Waals surface area contributed by atoms with Gasteiger partial charge < -0.3 is 14.8 Å². The molecule has 0 aliphatic heterocycles. The molecule has 6 nitrogen and oxygen atoms in total.